The lowest BCUT2D eigenvalue weighted by Crippen LogP contribution is -3.00. The Labute approximate surface area is 499 Å². The number of rotatable bonds is 12. The number of aliphatic hydroxyl groups is 5. The van der Waals surface area contributed by atoms with Crippen molar-refractivity contribution in [3.8, 4) is 33.8 Å². The number of nitroso groups, excluding NO2 is 1. The van der Waals surface area contributed by atoms with E-state index in [1.807, 2.05) is 60.6 Å². The third-order valence-corrected chi connectivity index (χ3v) is 18.1. The van der Waals surface area contributed by atoms with Crippen LogP contribution in [0.4, 0.5) is 11.4 Å². The maximum Gasteiger partial charge on any atom is 0.258 e. The lowest BCUT2D eigenvalue weighted by atomic mass is 9.57. The Kier molecular flexibility index (Phi) is 15.2. The molecule has 5 aromatic rings. The Bertz CT molecular complexity index is 4000. The second-order valence-corrected chi connectivity index (χ2v) is 23.6. The van der Waals surface area contributed by atoms with Crippen molar-refractivity contribution in [2.75, 3.05) is 61.3 Å². The number of hydroxylamine groups is 2. The summed E-state index contributed by atoms with van der Waals surface area (Å²) in [5, 5.41) is 94.0. The van der Waals surface area contributed by atoms with Crippen molar-refractivity contribution >= 4 is 62.9 Å². The van der Waals surface area contributed by atoms with Crippen molar-refractivity contribution < 1.29 is 86.9 Å². The van der Waals surface area contributed by atoms with Crippen LogP contribution in [-0.4, -0.2) is 165 Å². The van der Waals surface area contributed by atoms with Crippen molar-refractivity contribution in [1.82, 2.24) is 20.2 Å². The average molecular weight is 1190 g/mol. The zero-order chi connectivity index (χ0) is 61.4. The normalized spacial score (nSPS) is 25.1. The number of carbonyl (C=O) groups is 6. The quantitative estimate of drug-likeness (QED) is 0.0589. The van der Waals surface area contributed by atoms with Crippen LogP contribution in [0.15, 0.2) is 118 Å². The molecule has 22 nitrogen and oxygen atoms in total. The minimum Gasteiger partial charge on any atom is -1.00 e. The second kappa shape index (κ2) is 21.6. The molecule has 0 aromatic heterocycles. The Morgan fingerprint density at radius 2 is 1.33 bits per heavy atom. The molecular formula is C63H64ClN7O15. The van der Waals surface area contributed by atoms with Crippen LogP contribution in [-0.2, 0) is 48.2 Å². The molecule has 8 atom stereocenters. The topological polar surface area (TPSA) is 335 Å². The number of benzene rings is 5. The molecule has 448 valence electrons. The van der Waals surface area contributed by atoms with Crippen LogP contribution in [0.3, 0.4) is 0 Å². The highest BCUT2D eigenvalue weighted by Crippen LogP contribution is 2.58. The fourth-order valence-corrected chi connectivity index (χ4v) is 14.5. The van der Waals surface area contributed by atoms with Gasteiger partial charge < -0.3 is 73.8 Å². The van der Waals surface area contributed by atoms with Crippen LogP contribution in [0.1, 0.15) is 45.5 Å². The number of hydrogen-bond donors (Lipinski definition) is 10. The average Bonchev–Trinajstić information content (AvgIpc) is 0.710. The minimum absolute atomic E-state index is 0. The number of hydrogen-bond acceptors (Lipinski definition) is 19. The molecule has 11 rings (SSSR count). The number of nitrogens with zero attached hydrogens (tertiary/aromatic N) is 4. The van der Waals surface area contributed by atoms with Crippen molar-refractivity contribution in [2.45, 2.75) is 55.5 Å². The van der Waals surface area contributed by atoms with Gasteiger partial charge in [-0.25, -0.2) is 0 Å². The van der Waals surface area contributed by atoms with Crippen LogP contribution in [0.25, 0.3) is 38.8 Å². The number of likely N-dealkylation sites (N-methyl/N-ethyl adjacent to an activating group) is 3. The van der Waals surface area contributed by atoms with Crippen LogP contribution in [0.5, 0.6) is 11.5 Å². The Balaban J connectivity index is 0.00000820. The monoisotopic (exact) mass is 1190 g/mol. The summed E-state index contributed by atoms with van der Waals surface area (Å²) < 4.78 is 0. The molecule has 0 bridgehead atoms. The maximum atomic E-state index is 15.8. The summed E-state index contributed by atoms with van der Waals surface area (Å²) in [4.78, 5) is 112. The molecule has 0 aliphatic heterocycles. The van der Waals surface area contributed by atoms with Gasteiger partial charge in [0, 0.05) is 91.2 Å². The molecule has 0 saturated heterocycles. The first-order chi connectivity index (χ1) is 40.2. The first kappa shape index (κ1) is 60.4. The van der Waals surface area contributed by atoms with Gasteiger partial charge >= 0.3 is 0 Å². The van der Waals surface area contributed by atoms with Gasteiger partial charge in [0.2, 0.25) is 5.78 Å². The van der Waals surface area contributed by atoms with Crippen LogP contribution in [0.2, 0.25) is 0 Å². The Morgan fingerprint density at radius 3 is 1.95 bits per heavy atom. The number of halogens is 1. The van der Waals surface area contributed by atoms with Crippen molar-refractivity contribution in [3.63, 3.8) is 0 Å². The fourth-order valence-electron chi connectivity index (χ4n) is 14.5. The van der Waals surface area contributed by atoms with Gasteiger partial charge in [0.05, 0.1) is 17.2 Å². The number of carbonyl (C=O) groups excluding carboxylic acids is 6. The summed E-state index contributed by atoms with van der Waals surface area (Å²) in [5.74, 6) is -17.7. The van der Waals surface area contributed by atoms with E-state index in [9.17, 15) is 55.0 Å². The van der Waals surface area contributed by atoms with E-state index in [0.29, 0.717) is 34.5 Å². The predicted octanol–water partition coefficient (Wildman–Crippen LogP) is 0.200. The maximum absolute atomic E-state index is 15.8. The molecule has 0 spiro atoms. The van der Waals surface area contributed by atoms with Gasteiger partial charge in [0.25, 0.3) is 17.5 Å². The molecule has 23 heteroatoms. The van der Waals surface area contributed by atoms with E-state index in [2.05, 4.69) is 5.32 Å². The third kappa shape index (κ3) is 8.70. The largest absolute Gasteiger partial charge is 1.00 e. The zero-order valence-corrected chi connectivity index (χ0v) is 48.9. The van der Waals surface area contributed by atoms with Crippen LogP contribution < -0.4 is 33.5 Å². The standard InChI is InChI=1S/C63H63N7O15.ClH/c1-65-61(81)48-55(76)49(69(6)7)39-24-30-21-37-35(34-17-16-28(26-67(2)3)32-14-9-10-15-33(32)34)18-19-42(71)45(37)53(74)44(30)59(63(39,83)58(48)79)85-70(8)50-40-23-29-22-38-41(68(4)5)25-36(27-12-11-13-31(20-27)66-84)51(72)46(38)52(73)43(29)56(77)62(40,82)57(78)47(54(50)75)60(64)80;/h9-20,25,29-30,39-40,49-50,71-73,78-79,82-83H,21-24,26H2,1-8H3,(H2,64,80)(H,65,81);1H/t29-,30-,39-,40-,49+,50-,62-,63+;/m0./s1. The highest BCUT2D eigenvalue weighted by molar-refractivity contribution is 6.25. The fraction of sp³-hybridized carbons (Fsp3) is 0.333. The highest BCUT2D eigenvalue weighted by Gasteiger charge is 2.67. The van der Waals surface area contributed by atoms with Crippen LogP contribution in [0, 0.1) is 28.6 Å². The molecule has 86 heavy (non-hydrogen) atoms. The molecule has 11 N–H and O–H groups in total. The molecule has 1 fully saturated rings. The van der Waals surface area contributed by atoms with E-state index < -0.39 is 140 Å². The molecule has 6 aliphatic rings. The molecule has 6 aliphatic carbocycles. The van der Waals surface area contributed by atoms with Gasteiger partial charge in [-0.15, -0.1) is 5.06 Å². The number of ketones is 4. The van der Waals surface area contributed by atoms with Crippen molar-refractivity contribution in [2.24, 2.45) is 29.4 Å². The summed E-state index contributed by atoms with van der Waals surface area (Å²) in [7, 11) is 12.7. The summed E-state index contributed by atoms with van der Waals surface area (Å²) in [6.07, 6.45) is -0.850. The number of allylic oxidation sites excluding steroid dienone is 1. The van der Waals surface area contributed by atoms with Gasteiger partial charge in [0.1, 0.15) is 46.0 Å². The number of nitrogens with one attached hydrogen (secondary N) is 2. The van der Waals surface area contributed by atoms with E-state index in [1.165, 1.54) is 44.2 Å². The summed E-state index contributed by atoms with van der Waals surface area (Å²) >= 11 is 0. The number of phenolic OH excluding ortho intramolecular Hbond substituents is 2. The molecular weight excluding hydrogens is 1130 g/mol. The number of Topliss-reactive ketones (excluding diaryl/α,β-unsaturated/α-hetero) is 4. The smallest absolute Gasteiger partial charge is 0.258 e. The van der Waals surface area contributed by atoms with E-state index in [4.69, 9.17) is 10.6 Å². The second-order valence-electron chi connectivity index (χ2n) is 23.6. The lowest BCUT2D eigenvalue weighted by molar-refractivity contribution is -0.379. The number of aromatic hydroxyl groups is 2. The van der Waals surface area contributed by atoms with E-state index in [0.717, 1.165) is 34.0 Å². The number of phenols is 2. The van der Waals surface area contributed by atoms with Crippen molar-refractivity contribution in [1.29, 1.82) is 0 Å². The SMILES string of the molecule is CNC(=O)C1=C(O)[C@@]2(O)C(ON(C)[C@@H]3C(=O)C(C(N)=O)=C(O)[C@@]4(O)C(=O)C5=C(O)c6c(O)c(-c7cccc([NH+]=O)c7)cc(N(C)C)c6C[C@H]5C[C@@H]34)=C3C(=O)c4c(O)ccc(-c5ccc(CN(C)C)c6ccccc56)c4C[C@H]3C[C@H]2[C@@H](N(C)C)C1=O.[Cl-]. The molecule has 0 unspecified atom stereocenters. The lowest BCUT2D eigenvalue weighted by Gasteiger charge is -2.53. The Morgan fingerprint density at radius 1 is 0.709 bits per heavy atom. The zero-order valence-electron chi connectivity index (χ0n) is 48.1. The number of anilines is 1. The van der Waals surface area contributed by atoms with E-state index >= 15 is 14.4 Å². The van der Waals surface area contributed by atoms with Gasteiger partial charge in [-0.3, -0.25) is 33.7 Å². The van der Waals surface area contributed by atoms with Crippen LogP contribution >= 0.6 is 0 Å². The molecule has 0 heterocycles. The number of fused-ring (bicyclic) bond motifs is 7. The Hall–Kier alpha value is -8.77. The number of nitrogens with two attached hydrogens (primary N) is 1. The highest BCUT2D eigenvalue weighted by atomic mass is 35.5. The summed E-state index contributed by atoms with van der Waals surface area (Å²) in [6, 6.07) is 19.0. The number of primary amides is 1. The van der Waals surface area contributed by atoms with Crippen molar-refractivity contribution in [3.05, 3.63) is 151 Å². The summed E-state index contributed by atoms with van der Waals surface area (Å²) in [6.45, 7) is 0.616. The molecule has 5 aromatic carbocycles. The minimum atomic E-state index is -3.27. The van der Waals surface area contributed by atoms with Gasteiger partial charge in [-0.2, -0.15) is 0 Å². The number of aliphatic hydroxyl groups excluding tert-OH is 3. The molecule has 1 saturated carbocycles. The van der Waals surface area contributed by atoms with Gasteiger partial charge in [0.15, 0.2) is 34.3 Å². The number of amides is 2. The van der Waals surface area contributed by atoms with E-state index in [-0.39, 0.29) is 59.6 Å². The predicted molar refractivity (Wildman–Crippen MR) is 309 cm³/mol. The first-order valence-electron chi connectivity index (χ1n) is 27.6. The first-order valence-corrected chi connectivity index (χ1v) is 27.6. The summed E-state index contributed by atoms with van der Waals surface area (Å²) in [5.41, 5.74) is 0.365. The van der Waals surface area contributed by atoms with Gasteiger partial charge in [-0.05, 0) is 122 Å². The molecule has 0 radical (unpaired) electrons. The van der Waals surface area contributed by atoms with Gasteiger partial charge in [-0.1, -0.05) is 54.6 Å². The van der Waals surface area contributed by atoms with E-state index in [1.54, 1.807) is 43.3 Å². The third-order valence-electron chi connectivity index (χ3n) is 18.1. The molecule has 2 amide bonds.